The Hall–Kier alpha value is -2.18. The van der Waals surface area contributed by atoms with Gasteiger partial charge in [0.15, 0.2) is 0 Å². The zero-order chi connectivity index (χ0) is 17.2. The van der Waals surface area contributed by atoms with Crippen molar-refractivity contribution in [3.05, 3.63) is 47.3 Å². The fraction of sp³-hybridized carbons (Fsp3) is 0.444. The van der Waals surface area contributed by atoms with Gasteiger partial charge >= 0.3 is 0 Å². The molecular formula is C18H24N4O2. The van der Waals surface area contributed by atoms with E-state index in [1.54, 1.807) is 0 Å². The Bertz CT molecular complexity index is 694. The molecule has 1 unspecified atom stereocenters. The monoisotopic (exact) mass is 328 g/mol. The molecule has 1 atom stereocenters. The van der Waals surface area contributed by atoms with Gasteiger partial charge in [0, 0.05) is 12.0 Å². The van der Waals surface area contributed by atoms with Gasteiger partial charge in [0.2, 0.25) is 5.91 Å². The number of amides is 1. The van der Waals surface area contributed by atoms with Crippen LogP contribution in [0.25, 0.3) is 0 Å². The summed E-state index contributed by atoms with van der Waals surface area (Å²) in [6, 6.07) is 10.1. The van der Waals surface area contributed by atoms with Crippen LogP contribution in [0.15, 0.2) is 30.3 Å². The molecule has 0 radical (unpaired) electrons. The summed E-state index contributed by atoms with van der Waals surface area (Å²) in [5.41, 5.74) is 3.27. The number of aliphatic hydroxyl groups excluding tert-OH is 1. The molecule has 1 amide bonds. The lowest BCUT2D eigenvalue weighted by molar-refractivity contribution is -0.117. The maximum Gasteiger partial charge on any atom is 0.238 e. The minimum atomic E-state index is -0.275. The molecule has 6 nitrogen and oxygen atoms in total. The highest BCUT2D eigenvalue weighted by Gasteiger charge is 2.39. The number of aromatic nitrogens is 2. The topological polar surface area (TPSA) is 81.2 Å². The molecule has 0 bridgehead atoms. The Balaban J connectivity index is 1.64. The molecule has 1 aliphatic rings. The number of rotatable bonds is 5. The number of aryl methyl sites for hydroxylation is 2. The third-order valence-electron chi connectivity index (χ3n) is 4.88. The number of anilines is 1. The highest BCUT2D eigenvalue weighted by atomic mass is 16.3. The van der Waals surface area contributed by atoms with E-state index >= 15 is 0 Å². The van der Waals surface area contributed by atoms with Crippen molar-refractivity contribution in [2.45, 2.75) is 25.7 Å². The summed E-state index contributed by atoms with van der Waals surface area (Å²) in [5.74, 6) is -0.0515. The first-order valence-corrected chi connectivity index (χ1v) is 8.24. The fourth-order valence-corrected chi connectivity index (χ4v) is 3.46. The smallest absolute Gasteiger partial charge is 0.238 e. The van der Waals surface area contributed by atoms with E-state index in [9.17, 15) is 9.90 Å². The number of carbonyl (C=O) groups excluding carboxylic acids is 1. The molecule has 6 heteroatoms. The van der Waals surface area contributed by atoms with Crippen LogP contribution in [0.5, 0.6) is 0 Å². The average molecular weight is 328 g/mol. The first-order chi connectivity index (χ1) is 11.5. The van der Waals surface area contributed by atoms with Crippen molar-refractivity contribution in [3.63, 3.8) is 0 Å². The van der Waals surface area contributed by atoms with Crippen molar-refractivity contribution < 1.29 is 9.90 Å². The molecule has 2 aromatic rings. The van der Waals surface area contributed by atoms with Crippen molar-refractivity contribution in [2.75, 3.05) is 31.6 Å². The van der Waals surface area contributed by atoms with E-state index < -0.39 is 0 Å². The van der Waals surface area contributed by atoms with Gasteiger partial charge in [0.05, 0.1) is 30.2 Å². The Labute approximate surface area is 141 Å². The molecular weight excluding hydrogens is 304 g/mol. The zero-order valence-electron chi connectivity index (χ0n) is 14.2. The van der Waals surface area contributed by atoms with E-state index in [0.29, 0.717) is 13.1 Å². The van der Waals surface area contributed by atoms with Crippen LogP contribution in [-0.2, 0) is 10.2 Å². The normalized spacial score (nSPS) is 21.1. The number of hydrogen-bond donors (Lipinski definition) is 3. The quantitative estimate of drug-likeness (QED) is 0.779. The van der Waals surface area contributed by atoms with E-state index in [1.165, 1.54) is 0 Å². The maximum atomic E-state index is 12.3. The van der Waals surface area contributed by atoms with Crippen LogP contribution in [0.2, 0.25) is 0 Å². The van der Waals surface area contributed by atoms with Crippen LogP contribution < -0.4 is 5.32 Å². The van der Waals surface area contributed by atoms with Crippen LogP contribution in [0.4, 0.5) is 5.69 Å². The average Bonchev–Trinajstić information content (AvgIpc) is 3.15. The number of likely N-dealkylation sites (tertiary alicyclic amines) is 1. The number of nitrogens with zero attached hydrogens (tertiary/aromatic N) is 2. The van der Waals surface area contributed by atoms with Gasteiger partial charge in [-0.2, -0.15) is 5.10 Å². The molecule has 1 aliphatic heterocycles. The predicted molar refractivity (Wildman–Crippen MR) is 93.0 cm³/mol. The molecule has 1 saturated heterocycles. The first kappa shape index (κ1) is 16.7. The predicted octanol–water partition coefficient (Wildman–Crippen LogP) is 1.60. The van der Waals surface area contributed by atoms with Gasteiger partial charge in [-0.05, 0) is 32.4 Å². The largest absolute Gasteiger partial charge is 0.395 e. The van der Waals surface area contributed by atoms with Gasteiger partial charge < -0.3 is 10.4 Å². The number of carbonyl (C=O) groups is 1. The molecule has 3 N–H and O–H groups in total. The maximum absolute atomic E-state index is 12.3. The minimum Gasteiger partial charge on any atom is -0.395 e. The highest BCUT2D eigenvalue weighted by molar-refractivity contribution is 5.93. The van der Waals surface area contributed by atoms with Crippen LogP contribution in [0, 0.1) is 13.8 Å². The van der Waals surface area contributed by atoms with Crippen molar-refractivity contribution in [1.29, 1.82) is 0 Å². The zero-order valence-corrected chi connectivity index (χ0v) is 14.2. The second kappa shape index (κ2) is 6.75. The third kappa shape index (κ3) is 3.20. The van der Waals surface area contributed by atoms with Crippen molar-refractivity contribution in [1.82, 2.24) is 15.1 Å². The second-order valence-corrected chi connectivity index (χ2v) is 6.62. The van der Waals surface area contributed by atoms with Crippen LogP contribution in [0.1, 0.15) is 23.4 Å². The molecule has 24 heavy (non-hydrogen) atoms. The summed E-state index contributed by atoms with van der Waals surface area (Å²) in [5, 5.41) is 19.9. The first-order valence-electron chi connectivity index (χ1n) is 8.24. The van der Waals surface area contributed by atoms with Crippen LogP contribution >= 0.6 is 0 Å². The Morgan fingerprint density at radius 1 is 1.38 bits per heavy atom. The second-order valence-electron chi connectivity index (χ2n) is 6.62. The van der Waals surface area contributed by atoms with Gasteiger partial charge in [-0.3, -0.25) is 14.8 Å². The Morgan fingerprint density at radius 2 is 2.12 bits per heavy atom. The number of aliphatic hydroxyl groups is 1. The molecule has 1 aromatic heterocycles. The summed E-state index contributed by atoms with van der Waals surface area (Å²) in [4.78, 5) is 14.5. The molecule has 1 aromatic carbocycles. The standard InChI is InChI=1S/C18H24N4O2/c1-13-17(14(2)21-20-13)19-16(24)10-22-9-8-18(11-22,12-23)15-6-4-3-5-7-15/h3-7,23H,8-12H2,1-2H3,(H,19,24)(H,20,21). The lowest BCUT2D eigenvalue weighted by Gasteiger charge is -2.27. The minimum absolute atomic E-state index is 0.0515. The Kier molecular flexibility index (Phi) is 4.69. The lowest BCUT2D eigenvalue weighted by atomic mass is 9.80. The molecule has 0 spiro atoms. The molecule has 0 aliphatic carbocycles. The lowest BCUT2D eigenvalue weighted by Crippen LogP contribution is -2.37. The summed E-state index contributed by atoms with van der Waals surface area (Å²) in [6.07, 6.45) is 0.852. The number of aromatic amines is 1. The summed E-state index contributed by atoms with van der Waals surface area (Å²) >= 11 is 0. The number of nitrogens with one attached hydrogen (secondary N) is 2. The summed E-state index contributed by atoms with van der Waals surface area (Å²) in [6.45, 7) is 5.64. The van der Waals surface area contributed by atoms with Gasteiger partial charge in [-0.25, -0.2) is 0 Å². The van der Waals surface area contributed by atoms with Crippen molar-refractivity contribution in [2.24, 2.45) is 0 Å². The van der Waals surface area contributed by atoms with Gasteiger partial charge in [0.1, 0.15) is 0 Å². The molecule has 0 saturated carbocycles. The highest BCUT2D eigenvalue weighted by Crippen LogP contribution is 2.34. The molecule has 128 valence electrons. The Morgan fingerprint density at radius 3 is 2.75 bits per heavy atom. The van der Waals surface area contributed by atoms with Gasteiger partial charge in [-0.15, -0.1) is 0 Å². The number of H-pyrrole nitrogens is 1. The summed E-state index contributed by atoms with van der Waals surface area (Å²) in [7, 11) is 0. The molecule has 2 heterocycles. The van der Waals surface area contributed by atoms with Crippen molar-refractivity contribution in [3.8, 4) is 0 Å². The van der Waals surface area contributed by atoms with Crippen molar-refractivity contribution >= 4 is 11.6 Å². The van der Waals surface area contributed by atoms with Gasteiger partial charge in [0.25, 0.3) is 0 Å². The molecule has 3 rings (SSSR count). The molecule has 1 fully saturated rings. The fourth-order valence-electron chi connectivity index (χ4n) is 3.46. The van der Waals surface area contributed by atoms with Crippen LogP contribution in [-0.4, -0.2) is 52.4 Å². The number of benzene rings is 1. The van der Waals surface area contributed by atoms with E-state index in [1.807, 2.05) is 32.0 Å². The van der Waals surface area contributed by atoms with E-state index in [2.05, 4.69) is 32.5 Å². The van der Waals surface area contributed by atoms with E-state index in [0.717, 1.165) is 35.6 Å². The van der Waals surface area contributed by atoms with Crippen LogP contribution in [0.3, 0.4) is 0 Å². The van der Waals surface area contributed by atoms with E-state index in [-0.39, 0.29) is 17.9 Å². The third-order valence-corrected chi connectivity index (χ3v) is 4.88. The SMILES string of the molecule is Cc1n[nH]c(C)c1NC(=O)CN1CCC(CO)(c2ccccc2)C1. The summed E-state index contributed by atoms with van der Waals surface area (Å²) < 4.78 is 0. The van der Waals surface area contributed by atoms with E-state index in [4.69, 9.17) is 0 Å². The number of hydrogen-bond acceptors (Lipinski definition) is 4. The van der Waals surface area contributed by atoms with Gasteiger partial charge in [-0.1, -0.05) is 30.3 Å².